The van der Waals surface area contributed by atoms with Crippen LogP contribution in [0.25, 0.3) is 21.8 Å². The van der Waals surface area contributed by atoms with E-state index in [0.717, 1.165) is 17.1 Å². The second kappa shape index (κ2) is 12.8. The van der Waals surface area contributed by atoms with Gasteiger partial charge in [0.05, 0.1) is 22.2 Å². The molecule has 5 rings (SSSR count). The number of carboxylic acids is 2. The molecule has 5 aromatic rings. The SMILES string of the molecule is O=C(O)c1cccc(C(=O)O)c1.[Zn].c1ccc2ncccc2c1.c1ccc2ncccc2c1. The number of aromatic carboxylic acids is 2. The molecule has 0 fully saturated rings. The van der Waals surface area contributed by atoms with E-state index in [2.05, 4.69) is 34.2 Å². The van der Waals surface area contributed by atoms with Crippen molar-refractivity contribution in [2.75, 3.05) is 0 Å². The van der Waals surface area contributed by atoms with E-state index in [1.54, 1.807) is 0 Å². The maximum Gasteiger partial charge on any atom is 0.335 e. The molecule has 160 valence electrons. The Bertz CT molecular complexity index is 1130. The minimum absolute atomic E-state index is 0. The first-order chi connectivity index (χ1) is 15.5. The summed E-state index contributed by atoms with van der Waals surface area (Å²) in [6, 6.07) is 29.4. The zero-order chi connectivity index (χ0) is 22.8. The third-order valence-corrected chi connectivity index (χ3v) is 4.38. The molecule has 33 heavy (non-hydrogen) atoms. The van der Waals surface area contributed by atoms with Gasteiger partial charge in [0.15, 0.2) is 0 Å². The minimum Gasteiger partial charge on any atom is -0.478 e. The Labute approximate surface area is 203 Å². The second-order valence-corrected chi connectivity index (χ2v) is 6.58. The summed E-state index contributed by atoms with van der Waals surface area (Å²) < 4.78 is 0. The summed E-state index contributed by atoms with van der Waals surface area (Å²) in [7, 11) is 0. The molecule has 2 heterocycles. The molecule has 0 radical (unpaired) electrons. The van der Waals surface area contributed by atoms with Crippen molar-refractivity contribution in [2.45, 2.75) is 0 Å². The summed E-state index contributed by atoms with van der Waals surface area (Å²) in [6.07, 6.45) is 3.62. The number of para-hydroxylation sites is 2. The number of aromatic nitrogens is 2. The summed E-state index contributed by atoms with van der Waals surface area (Å²) in [6.45, 7) is 0. The van der Waals surface area contributed by atoms with Crippen molar-refractivity contribution in [3.05, 3.63) is 121 Å². The Morgan fingerprint density at radius 3 is 1.33 bits per heavy atom. The number of pyridine rings is 2. The van der Waals surface area contributed by atoms with Crippen LogP contribution in [0.5, 0.6) is 0 Å². The minimum atomic E-state index is -1.13. The summed E-state index contributed by atoms with van der Waals surface area (Å²) in [5.74, 6) is -2.25. The monoisotopic (exact) mass is 488 g/mol. The zero-order valence-electron chi connectivity index (χ0n) is 17.7. The third-order valence-electron chi connectivity index (χ3n) is 4.38. The Kier molecular flexibility index (Phi) is 9.81. The average Bonchev–Trinajstić information content (AvgIpc) is 2.85. The molecular formula is C26H20N2O4Zn. The number of carbonyl (C=O) groups is 2. The number of hydrogen-bond donors (Lipinski definition) is 2. The van der Waals surface area contributed by atoms with Gasteiger partial charge in [0.25, 0.3) is 0 Å². The van der Waals surface area contributed by atoms with Crippen LogP contribution in [0.2, 0.25) is 0 Å². The molecule has 6 nitrogen and oxygen atoms in total. The van der Waals surface area contributed by atoms with E-state index >= 15 is 0 Å². The van der Waals surface area contributed by atoms with Crippen molar-refractivity contribution >= 4 is 33.7 Å². The fourth-order valence-corrected chi connectivity index (χ4v) is 2.82. The number of carboxylic acid groups (broad SMARTS) is 2. The first-order valence-corrected chi connectivity index (χ1v) is 9.71. The molecule has 0 saturated heterocycles. The van der Waals surface area contributed by atoms with E-state index in [1.807, 2.05) is 60.9 Å². The van der Waals surface area contributed by atoms with Crippen LogP contribution in [0.15, 0.2) is 109 Å². The van der Waals surface area contributed by atoms with Crippen LogP contribution in [-0.2, 0) is 19.5 Å². The fourth-order valence-electron chi connectivity index (χ4n) is 2.82. The molecule has 2 N–H and O–H groups in total. The Morgan fingerprint density at radius 1 is 0.545 bits per heavy atom. The largest absolute Gasteiger partial charge is 0.478 e. The van der Waals surface area contributed by atoms with Crippen molar-refractivity contribution < 1.29 is 39.3 Å². The first-order valence-electron chi connectivity index (χ1n) is 9.71. The predicted octanol–water partition coefficient (Wildman–Crippen LogP) is 5.55. The Hall–Kier alpha value is -3.96. The summed E-state index contributed by atoms with van der Waals surface area (Å²) in [4.78, 5) is 29.1. The van der Waals surface area contributed by atoms with Crippen molar-refractivity contribution in [1.82, 2.24) is 9.97 Å². The Morgan fingerprint density at radius 2 is 0.939 bits per heavy atom. The molecule has 0 atom stereocenters. The standard InChI is InChI=1S/2C9H7N.C8H6O4.Zn/c2*1-2-6-9-8(4-1)5-3-7-10-9;9-7(10)5-2-1-3-6(4-5)8(11)12;/h2*1-7H;1-4H,(H,9,10)(H,11,12);. The van der Waals surface area contributed by atoms with Crippen LogP contribution in [0.1, 0.15) is 20.7 Å². The summed E-state index contributed by atoms with van der Waals surface area (Å²) in [5, 5.41) is 19.4. The van der Waals surface area contributed by atoms with Gasteiger partial charge in [-0.1, -0.05) is 54.6 Å². The van der Waals surface area contributed by atoms with E-state index in [4.69, 9.17) is 10.2 Å². The van der Waals surface area contributed by atoms with E-state index in [-0.39, 0.29) is 30.6 Å². The van der Waals surface area contributed by atoms with E-state index < -0.39 is 11.9 Å². The van der Waals surface area contributed by atoms with Gasteiger partial charge >= 0.3 is 11.9 Å². The van der Waals surface area contributed by atoms with Crippen LogP contribution in [0.4, 0.5) is 0 Å². The zero-order valence-corrected chi connectivity index (χ0v) is 20.7. The maximum absolute atomic E-state index is 10.4. The topological polar surface area (TPSA) is 100 Å². The summed E-state index contributed by atoms with van der Waals surface area (Å²) in [5.41, 5.74) is 2.08. The van der Waals surface area contributed by atoms with E-state index in [1.165, 1.54) is 29.0 Å². The molecular weight excluding hydrogens is 470 g/mol. The maximum atomic E-state index is 10.4. The molecule has 0 aliphatic heterocycles. The number of benzene rings is 3. The summed E-state index contributed by atoms with van der Waals surface area (Å²) >= 11 is 0. The van der Waals surface area contributed by atoms with Gasteiger partial charge in [-0.05, 0) is 42.5 Å². The third kappa shape index (κ3) is 7.60. The van der Waals surface area contributed by atoms with E-state index in [9.17, 15) is 9.59 Å². The van der Waals surface area contributed by atoms with Crippen LogP contribution in [0.3, 0.4) is 0 Å². The van der Waals surface area contributed by atoms with Gasteiger partial charge in [-0.2, -0.15) is 0 Å². The molecule has 0 aliphatic carbocycles. The number of nitrogens with zero attached hydrogens (tertiary/aromatic N) is 2. The molecule has 0 spiro atoms. The van der Waals surface area contributed by atoms with Gasteiger partial charge in [-0.3, -0.25) is 9.97 Å². The van der Waals surface area contributed by atoms with Gasteiger partial charge in [0.2, 0.25) is 0 Å². The average molecular weight is 490 g/mol. The second-order valence-electron chi connectivity index (χ2n) is 6.58. The first kappa shape index (κ1) is 25.3. The molecule has 0 amide bonds. The van der Waals surface area contributed by atoms with Crippen molar-refractivity contribution in [2.24, 2.45) is 0 Å². The van der Waals surface area contributed by atoms with Crippen LogP contribution < -0.4 is 0 Å². The number of rotatable bonds is 2. The van der Waals surface area contributed by atoms with Gasteiger partial charge in [-0.25, -0.2) is 9.59 Å². The molecule has 7 heteroatoms. The van der Waals surface area contributed by atoms with Crippen LogP contribution in [0, 0.1) is 0 Å². The van der Waals surface area contributed by atoms with Gasteiger partial charge < -0.3 is 10.2 Å². The van der Waals surface area contributed by atoms with E-state index in [0.29, 0.717) is 0 Å². The van der Waals surface area contributed by atoms with Crippen molar-refractivity contribution in [1.29, 1.82) is 0 Å². The molecule has 0 aliphatic rings. The quantitative estimate of drug-likeness (QED) is 0.315. The molecule has 0 saturated carbocycles. The van der Waals surface area contributed by atoms with Crippen LogP contribution in [-0.4, -0.2) is 32.1 Å². The van der Waals surface area contributed by atoms with Gasteiger partial charge in [0.1, 0.15) is 0 Å². The predicted molar refractivity (Wildman–Crippen MR) is 124 cm³/mol. The molecule has 0 bridgehead atoms. The smallest absolute Gasteiger partial charge is 0.335 e. The molecule has 2 aromatic heterocycles. The number of hydrogen-bond acceptors (Lipinski definition) is 4. The fraction of sp³-hybridized carbons (Fsp3) is 0. The molecule has 3 aromatic carbocycles. The van der Waals surface area contributed by atoms with Crippen molar-refractivity contribution in [3.8, 4) is 0 Å². The molecule has 0 unspecified atom stereocenters. The number of fused-ring (bicyclic) bond motifs is 2. The van der Waals surface area contributed by atoms with Crippen LogP contribution >= 0.6 is 0 Å². The van der Waals surface area contributed by atoms with Crippen molar-refractivity contribution in [3.63, 3.8) is 0 Å². The van der Waals surface area contributed by atoms with Gasteiger partial charge in [-0.15, -0.1) is 0 Å². The van der Waals surface area contributed by atoms with Gasteiger partial charge in [0, 0.05) is 42.6 Å². The normalized spacial score (nSPS) is 9.45. The Balaban J connectivity index is 0.000000173.